The van der Waals surface area contributed by atoms with Gasteiger partial charge in [0, 0.05) is 17.6 Å². The van der Waals surface area contributed by atoms with Crippen LogP contribution in [0.5, 0.6) is 0 Å². The molecule has 1 aromatic carbocycles. The van der Waals surface area contributed by atoms with Crippen LogP contribution < -0.4 is 0 Å². The van der Waals surface area contributed by atoms with E-state index in [0.29, 0.717) is 19.6 Å². The van der Waals surface area contributed by atoms with E-state index in [2.05, 4.69) is 37.0 Å². The van der Waals surface area contributed by atoms with Crippen LogP contribution in [-0.4, -0.2) is 39.1 Å². The van der Waals surface area contributed by atoms with Gasteiger partial charge < -0.3 is 14.4 Å². The Kier molecular flexibility index (Phi) is 7.52. The van der Waals surface area contributed by atoms with Gasteiger partial charge in [-0.1, -0.05) is 6.07 Å². The number of ether oxygens (including phenoxy) is 1. The summed E-state index contributed by atoms with van der Waals surface area (Å²) in [6.07, 6.45) is 4.36. The average molecular weight is 362 g/mol. The van der Waals surface area contributed by atoms with Crippen molar-refractivity contribution < 1.29 is 14.6 Å². The van der Waals surface area contributed by atoms with Crippen LogP contribution in [0.25, 0.3) is 0 Å². The van der Waals surface area contributed by atoms with E-state index < -0.39 is 12.1 Å². The standard InChI is InChI=1S/C19H26N2O3S/c1-4-24-19(23)18-12-21(13-20-18)11-16(22)6-5-9-25-17-8-7-14(2)15(3)10-17/h7-8,10,12-13,16,22H,4-6,9,11H2,1-3H3. The van der Waals surface area contributed by atoms with Gasteiger partial charge in [-0.3, -0.25) is 0 Å². The summed E-state index contributed by atoms with van der Waals surface area (Å²) in [5.41, 5.74) is 2.89. The van der Waals surface area contributed by atoms with Crippen LogP contribution in [0.3, 0.4) is 0 Å². The van der Waals surface area contributed by atoms with Crippen molar-refractivity contribution in [3.63, 3.8) is 0 Å². The van der Waals surface area contributed by atoms with Gasteiger partial charge in [0.05, 0.1) is 19.0 Å². The first-order valence-corrected chi connectivity index (χ1v) is 9.55. The minimum atomic E-state index is -0.454. The summed E-state index contributed by atoms with van der Waals surface area (Å²) in [7, 11) is 0. The highest BCUT2D eigenvalue weighted by atomic mass is 32.2. The van der Waals surface area contributed by atoms with E-state index in [-0.39, 0.29) is 5.69 Å². The number of aromatic nitrogens is 2. The van der Waals surface area contributed by atoms with E-state index in [4.69, 9.17) is 4.74 Å². The quantitative estimate of drug-likeness (QED) is 0.419. The predicted octanol–water partition coefficient (Wildman–Crippen LogP) is 3.61. The lowest BCUT2D eigenvalue weighted by atomic mass is 10.1. The fourth-order valence-electron chi connectivity index (χ4n) is 2.42. The molecule has 1 unspecified atom stereocenters. The molecule has 0 radical (unpaired) electrons. The summed E-state index contributed by atoms with van der Waals surface area (Å²) in [6.45, 7) is 6.75. The first-order valence-electron chi connectivity index (χ1n) is 8.56. The number of carbonyl (C=O) groups excluding carboxylic acids is 1. The lowest BCUT2D eigenvalue weighted by molar-refractivity contribution is 0.0519. The molecule has 0 aliphatic carbocycles. The predicted molar refractivity (Wildman–Crippen MR) is 100 cm³/mol. The van der Waals surface area contributed by atoms with Crippen LogP contribution in [0.4, 0.5) is 0 Å². The van der Waals surface area contributed by atoms with E-state index in [1.165, 1.54) is 16.0 Å². The largest absolute Gasteiger partial charge is 0.461 e. The third-order valence-electron chi connectivity index (χ3n) is 3.97. The maximum atomic E-state index is 11.6. The molecule has 2 rings (SSSR count). The zero-order valence-corrected chi connectivity index (χ0v) is 15.9. The Labute approximate surface area is 153 Å². The summed E-state index contributed by atoms with van der Waals surface area (Å²) in [5, 5.41) is 10.2. The molecule has 0 bridgehead atoms. The Balaban J connectivity index is 1.71. The lowest BCUT2D eigenvalue weighted by Crippen LogP contribution is -2.15. The number of thioether (sulfide) groups is 1. The van der Waals surface area contributed by atoms with Crippen LogP contribution in [0.15, 0.2) is 35.6 Å². The number of hydrogen-bond donors (Lipinski definition) is 1. The van der Waals surface area contributed by atoms with Crippen molar-refractivity contribution in [2.24, 2.45) is 0 Å². The summed E-state index contributed by atoms with van der Waals surface area (Å²) in [5.74, 6) is 0.540. The first-order chi connectivity index (χ1) is 12.0. The van der Waals surface area contributed by atoms with Gasteiger partial charge in [0.1, 0.15) is 0 Å². The molecule has 1 N–H and O–H groups in total. The molecule has 6 heteroatoms. The number of aliphatic hydroxyl groups excluding tert-OH is 1. The molecule has 0 aliphatic heterocycles. The van der Waals surface area contributed by atoms with Crippen molar-refractivity contribution in [1.29, 1.82) is 0 Å². The smallest absolute Gasteiger partial charge is 0.358 e. The monoisotopic (exact) mass is 362 g/mol. The molecule has 25 heavy (non-hydrogen) atoms. The van der Waals surface area contributed by atoms with E-state index in [1.54, 1.807) is 24.0 Å². The molecule has 5 nitrogen and oxygen atoms in total. The number of aliphatic hydroxyl groups is 1. The second-order valence-electron chi connectivity index (χ2n) is 6.07. The Hall–Kier alpha value is -1.79. The highest BCUT2D eigenvalue weighted by Gasteiger charge is 2.12. The van der Waals surface area contributed by atoms with E-state index in [0.717, 1.165) is 12.2 Å². The van der Waals surface area contributed by atoms with Gasteiger partial charge in [-0.15, -0.1) is 11.8 Å². The van der Waals surface area contributed by atoms with Crippen molar-refractivity contribution in [3.8, 4) is 0 Å². The number of carbonyl (C=O) groups is 1. The molecule has 1 heterocycles. The first kappa shape index (κ1) is 19.5. The van der Waals surface area contributed by atoms with Gasteiger partial charge in [-0.25, -0.2) is 9.78 Å². The van der Waals surface area contributed by atoms with Crippen molar-refractivity contribution in [2.45, 2.75) is 51.2 Å². The van der Waals surface area contributed by atoms with Crippen LogP contribution in [0.2, 0.25) is 0 Å². The number of aryl methyl sites for hydroxylation is 2. The van der Waals surface area contributed by atoms with Gasteiger partial charge in [-0.2, -0.15) is 0 Å². The summed E-state index contributed by atoms with van der Waals surface area (Å²) >= 11 is 1.81. The number of rotatable bonds is 9. The lowest BCUT2D eigenvalue weighted by Gasteiger charge is -2.11. The minimum absolute atomic E-state index is 0.277. The van der Waals surface area contributed by atoms with Gasteiger partial charge in [0.25, 0.3) is 0 Å². The normalized spacial score (nSPS) is 12.2. The third-order valence-corrected chi connectivity index (χ3v) is 5.05. The number of imidazole rings is 1. The van der Waals surface area contributed by atoms with E-state index in [1.807, 2.05) is 11.8 Å². The Morgan fingerprint density at radius 3 is 2.88 bits per heavy atom. The van der Waals surface area contributed by atoms with Crippen molar-refractivity contribution in [1.82, 2.24) is 9.55 Å². The summed E-state index contributed by atoms with van der Waals surface area (Å²) < 4.78 is 6.63. The van der Waals surface area contributed by atoms with Crippen molar-refractivity contribution >= 4 is 17.7 Å². The van der Waals surface area contributed by atoms with Gasteiger partial charge in [0.15, 0.2) is 5.69 Å². The molecule has 2 aromatic rings. The summed E-state index contributed by atoms with van der Waals surface area (Å²) in [6, 6.07) is 6.50. The van der Waals surface area contributed by atoms with Gasteiger partial charge in [-0.05, 0) is 62.6 Å². The highest BCUT2D eigenvalue weighted by Crippen LogP contribution is 2.22. The molecule has 1 aromatic heterocycles. The molecule has 1 atom stereocenters. The molecular formula is C19H26N2O3S. The molecule has 0 saturated carbocycles. The van der Waals surface area contributed by atoms with Crippen LogP contribution in [-0.2, 0) is 11.3 Å². The van der Waals surface area contributed by atoms with Gasteiger partial charge in [0.2, 0.25) is 0 Å². The number of hydrogen-bond acceptors (Lipinski definition) is 5. The topological polar surface area (TPSA) is 64.3 Å². The minimum Gasteiger partial charge on any atom is -0.461 e. The van der Waals surface area contributed by atoms with Gasteiger partial charge >= 0.3 is 5.97 Å². The zero-order chi connectivity index (χ0) is 18.2. The molecular weight excluding hydrogens is 336 g/mol. The van der Waals surface area contributed by atoms with Crippen molar-refractivity contribution in [3.05, 3.63) is 47.5 Å². The summed E-state index contributed by atoms with van der Waals surface area (Å²) in [4.78, 5) is 16.9. The molecule has 0 spiro atoms. The second kappa shape index (κ2) is 9.63. The molecule has 0 fully saturated rings. The fraction of sp³-hybridized carbons (Fsp3) is 0.474. The maximum absolute atomic E-state index is 11.6. The SMILES string of the molecule is CCOC(=O)c1cn(CC(O)CCCSc2ccc(C)c(C)c2)cn1. The second-order valence-corrected chi connectivity index (χ2v) is 7.24. The zero-order valence-electron chi connectivity index (χ0n) is 15.1. The van der Waals surface area contributed by atoms with E-state index >= 15 is 0 Å². The Morgan fingerprint density at radius 1 is 1.36 bits per heavy atom. The van der Waals surface area contributed by atoms with Crippen LogP contribution >= 0.6 is 11.8 Å². The number of benzene rings is 1. The van der Waals surface area contributed by atoms with Crippen LogP contribution in [0.1, 0.15) is 41.4 Å². The Bertz CT molecular complexity index is 700. The third kappa shape index (κ3) is 6.21. The Morgan fingerprint density at radius 2 is 2.16 bits per heavy atom. The van der Waals surface area contributed by atoms with E-state index in [9.17, 15) is 9.90 Å². The molecule has 0 aliphatic rings. The van der Waals surface area contributed by atoms with Crippen molar-refractivity contribution in [2.75, 3.05) is 12.4 Å². The molecule has 0 amide bonds. The maximum Gasteiger partial charge on any atom is 0.358 e. The number of nitrogens with zero attached hydrogens (tertiary/aromatic N) is 2. The fourth-order valence-corrected chi connectivity index (χ4v) is 3.39. The molecule has 136 valence electrons. The highest BCUT2D eigenvalue weighted by molar-refractivity contribution is 7.99. The van der Waals surface area contributed by atoms with Crippen LogP contribution in [0, 0.1) is 13.8 Å². The average Bonchev–Trinajstić information content (AvgIpc) is 3.03. The number of esters is 1. The molecule has 0 saturated heterocycles.